The van der Waals surface area contributed by atoms with Gasteiger partial charge in [-0.2, -0.15) is 0 Å². The number of amides is 1. The highest BCUT2D eigenvalue weighted by Gasteiger charge is 2.32. The van der Waals surface area contributed by atoms with Crippen LogP contribution in [-0.2, 0) is 11.0 Å². The highest BCUT2D eigenvalue weighted by atomic mass is 32.2. The molecule has 1 heterocycles. The quantitative estimate of drug-likeness (QED) is 0.642. The molecule has 0 bridgehead atoms. The first kappa shape index (κ1) is 20.4. The van der Waals surface area contributed by atoms with Gasteiger partial charge in [-0.1, -0.05) is 18.2 Å². The van der Waals surface area contributed by atoms with Gasteiger partial charge < -0.3 is 4.74 Å². The third kappa shape index (κ3) is 5.18. The molecule has 2 aromatic rings. The molecule has 1 aliphatic carbocycles. The molecular weight excluding hydrogens is 411 g/mol. The van der Waals surface area contributed by atoms with Crippen LogP contribution in [0.25, 0.3) is 0 Å². The van der Waals surface area contributed by atoms with E-state index in [2.05, 4.69) is 21.2 Å². The van der Waals surface area contributed by atoms with Crippen molar-refractivity contribution in [3.05, 3.63) is 59.4 Å². The summed E-state index contributed by atoms with van der Waals surface area (Å²) in [5.74, 6) is -0.0949. The van der Waals surface area contributed by atoms with Gasteiger partial charge in [0.25, 0.3) is 5.91 Å². The molecule has 1 saturated heterocycles. The summed E-state index contributed by atoms with van der Waals surface area (Å²) in [6.07, 6.45) is 3.36. The van der Waals surface area contributed by atoms with Gasteiger partial charge in [0.2, 0.25) is 0 Å². The van der Waals surface area contributed by atoms with E-state index in [-0.39, 0.29) is 5.56 Å². The van der Waals surface area contributed by atoms with Gasteiger partial charge in [-0.15, -0.1) is 0 Å². The van der Waals surface area contributed by atoms with E-state index in [1.165, 1.54) is 17.2 Å². The third-order valence-corrected chi connectivity index (χ3v) is 6.49. The Labute approximate surface area is 176 Å². The molecule has 8 heteroatoms. The molecule has 1 atom stereocenters. The molecule has 0 spiro atoms. The Morgan fingerprint density at radius 1 is 1.28 bits per heavy atom. The standard InChI is InChI=1S/C21H23FN2O3S2/c1-29(26)23-21(25)18-9-17(15-7-8-15)20(10-19(18)22)27-13-14-11-24(12-14)28-16-5-3-2-4-6-16/h2-6,9-10,14-15H,7-8,11-13H2,1H3,(H,23,25). The number of nitrogens with zero attached hydrogens (tertiary/aromatic N) is 1. The summed E-state index contributed by atoms with van der Waals surface area (Å²) < 4.78 is 36.2. The molecule has 154 valence electrons. The second-order valence-corrected chi connectivity index (χ2v) is 9.74. The number of benzene rings is 2. The maximum absolute atomic E-state index is 14.5. The fourth-order valence-corrected chi connectivity index (χ4v) is 4.83. The molecule has 1 saturated carbocycles. The molecule has 0 aromatic heterocycles. The minimum absolute atomic E-state index is 0.0801. The van der Waals surface area contributed by atoms with Crippen molar-refractivity contribution < 1.29 is 18.1 Å². The van der Waals surface area contributed by atoms with Crippen molar-refractivity contribution in [2.75, 3.05) is 26.0 Å². The number of hydrogen-bond acceptors (Lipinski definition) is 5. The van der Waals surface area contributed by atoms with Crippen LogP contribution in [-0.4, -0.2) is 40.4 Å². The lowest BCUT2D eigenvalue weighted by Crippen LogP contribution is -2.44. The van der Waals surface area contributed by atoms with Crippen molar-refractivity contribution in [2.45, 2.75) is 23.7 Å². The van der Waals surface area contributed by atoms with E-state index in [1.807, 2.05) is 18.2 Å². The molecule has 1 aliphatic heterocycles. The van der Waals surface area contributed by atoms with Gasteiger partial charge in [0.1, 0.15) is 22.6 Å². The fourth-order valence-electron chi connectivity index (χ4n) is 3.31. The maximum Gasteiger partial charge on any atom is 0.265 e. The molecule has 1 amide bonds. The zero-order valence-corrected chi connectivity index (χ0v) is 17.7. The molecule has 2 aliphatic rings. The number of halogens is 1. The van der Waals surface area contributed by atoms with Crippen LogP contribution in [0.3, 0.4) is 0 Å². The van der Waals surface area contributed by atoms with Crippen LogP contribution in [0.2, 0.25) is 0 Å². The van der Waals surface area contributed by atoms with Gasteiger partial charge in [-0.05, 0) is 54.5 Å². The van der Waals surface area contributed by atoms with E-state index in [1.54, 1.807) is 18.0 Å². The van der Waals surface area contributed by atoms with E-state index in [0.29, 0.717) is 24.2 Å². The number of hydrogen-bond donors (Lipinski definition) is 1. The van der Waals surface area contributed by atoms with E-state index in [4.69, 9.17) is 4.74 Å². The van der Waals surface area contributed by atoms with Crippen LogP contribution >= 0.6 is 11.9 Å². The summed E-state index contributed by atoms with van der Waals surface area (Å²) in [5.41, 5.74) is 0.789. The normalized spacial score (nSPS) is 18.1. The van der Waals surface area contributed by atoms with Crippen LogP contribution < -0.4 is 9.46 Å². The first-order valence-electron chi connectivity index (χ1n) is 9.58. The van der Waals surface area contributed by atoms with Gasteiger partial charge in [0.05, 0.1) is 12.2 Å². The zero-order chi connectivity index (χ0) is 20.4. The first-order chi connectivity index (χ1) is 14.0. The number of carbonyl (C=O) groups excluding carboxylic acids is 1. The van der Waals surface area contributed by atoms with Gasteiger partial charge in [0, 0.05) is 36.2 Å². The summed E-state index contributed by atoms with van der Waals surface area (Å²) in [6, 6.07) is 13.1. The van der Waals surface area contributed by atoms with Crippen molar-refractivity contribution in [1.82, 2.24) is 9.03 Å². The Morgan fingerprint density at radius 2 is 2.00 bits per heavy atom. The van der Waals surface area contributed by atoms with Crippen molar-refractivity contribution in [1.29, 1.82) is 0 Å². The predicted octanol–water partition coefficient (Wildman–Crippen LogP) is 3.74. The van der Waals surface area contributed by atoms with Crippen LogP contribution in [0.4, 0.5) is 4.39 Å². The second-order valence-electron chi connectivity index (χ2n) is 7.46. The van der Waals surface area contributed by atoms with E-state index >= 15 is 0 Å². The Morgan fingerprint density at radius 3 is 2.66 bits per heavy atom. The van der Waals surface area contributed by atoms with Crippen molar-refractivity contribution in [3.8, 4) is 5.75 Å². The van der Waals surface area contributed by atoms with Gasteiger partial charge in [-0.25, -0.2) is 12.9 Å². The Balaban J connectivity index is 1.36. The lowest BCUT2D eigenvalue weighted by Gasteiger charge is -2.37. The van der Waals surface area contributed by atoms with Gasteiger partial charge in [-0.3, -0.25) is 9.52 Å². The van der Waals surface area contributed by atoms with Crippen LogP contribution in [0.5, 0.6) is 5.75 Å². The number of carbonyl (C=O) groups is 1. The molecule has 1 unspecified atom stereocenters. The molecule has 0 radical (unpaired) electrons. The van der Waals surface area contributed by atoms with Crippen LogP contribution in [0, 0.1) is 11.7 Å². The zero-order valence-electron chi connectivity index (χ0n) is 16.1. The molecule has 1 N–H and O–H groups in total. The largest absolute Gasteiger partial charge is 0.493 e. The van der Waals surface area contributed by atoms with Gasteiger partial charge >= 0.3 is 0 Å². The summed E-state index contributed by atoms with van der Waals surface area (Å²) in [5, 5.41) is 0. The van der Waals surface area contributed by atoms with Crippen LogP contribution in [0.1, 0.15) is 34.7 Å². The van der Waals surface area contributed by atoms with E-state index < -0.39 is 22.7 Å². The number of nitrogens with one attached hydrogen (secondary N) is 1. The molecule has 29 heavy (non-hydrogen) atoms. The summed E-state index contributed by atoms with van der Waals surface area (Å²) in [6.45, 7) is 2.36. The van der Waals surface area contributed by atoms with Crippen molar-refractivity contribution in [2.24, 2.45) is 5.92 Å². The molecule has 2 aromatic carbocycles. The minimum atomic E-state index is -1.54. The molecule has 5 nitrogen and oxygen atoms in total. The van der Waals surface area contributed by atoms with E-state index in [0.717, 1.165) is 31.5 Å². The fraction of sp³-hybridized carbons (Fsp3) is 0.381. The van der Waals surface area contributed by atoms with Crippen molar-refractivity contribution >= 4 is 28.8 Å². The Bertz CT molecular complexity index is 916. The monoisotopic (exact) mass is 434 g/mol. The van der Waals surface area contributed by atoms with E-state index in [9.17, 15) is 13.4 Å². The molecule has 2 fully saturated rings. The highest BCUT2D eigenvalue weighted by molar-refractivity contribution is 7.97. The van der Waals surface area contributed by atoms with Crippen molar-refractivity contribution in [3.63, 3.8) is 0 Å². The topological polar surface area (TPSA) is 58.6 Å². The highest BCUT2D eigenvalue weighted by Crippen LogP contribution is 2.45. The summed E-state index contributed by atoms with van der Waals surface area (Å²) in [4.78, 5) is 13.3. The minimum Gasteiger partial charge on any atom is -0.493 e. The first-order valence-corrected chi connectivity index (χ1v) is 11.9. The lowest BCUT2D eigenvalue weighted by atomic mass is 10.0. The molecule has 4 rings (SSSR count). The summed E-state index contributed by atoms with van der Waals surface area (Å²) in [7, 11) is -1.54. The number of rotatable bonds is 8. The smallest absolute Gasteiger partial charge is 0.265 e. The maximum atomic E-state index is 14.5. The molecular formula is C21H23FN2O3S2. The SMILES string of the molecule is CS(=O)NC(=O)c1cc(C2CC2)c(OCC2CN(Sc3ccccc3)C2)cc1F. The Kier molecular flexibility index (Phi) is 6.22. The second kappa shape index (κ2) is 8.85. The average molecular weight is 435 g/mol. The third-order valence-electron chi connectivity index (χ3n) is 4.97. The van der Waals surface area contributed by atoms with Crippen LogP contribution in [0.15, 0.2) is 47.4 Å². The average Bonchev–Trinajstić information content (AvgIpc) is 3.48. The lowest BCUT2D eigenvalue weighted by molar-refractivity contribution is 0.0979. The number of ether oxygens (including phenoxy) is 1. The summed E-state index contributed by atoms with van der Waals surface area (Å²) >= 11 is 1.73. The van der Waals surface area contributed by atoms with Gasteiger partial charge in [0.15, 0.2) is 0 Å². The Hall–Kier alpha value is -1.90. The predicted molar refractivity (Wildman–Crippen MR) is 113 cm³/mol.